The van der Waals surface area contributed by atoms with Crippen molar-refractivity contribution in [1.82, 2.24) is 5.32 Å². The predicted octanol–water partition coefficient (Wildman–Crippen LogP) is 2.64. The van der Waals surface area contributed by atoms with Gasteiger partial charge in [-0.2, -0.15) is 0 Å². The van der Waals surface area contributed by atoms with E-state index in [-0.39, 0.29) is 24.0 Å². The van der Waals surface area contributed by atoms with Crippen LogP contribution in [0.2, 0.25) is 0 Å². The molecule has 0 aliphatic carbocycles. The number of carbonyl (C=O) groups excluding carboxylic acids is 1. The third-order valence-electron chi connectivity index (χ3n) is 3.40. The first-order valence-corrected chi connectivity index (χ1v) is 7.25. The topological polar surface area (TPSA) is 81.5 Å². The lowest BCUT2D eigenvalue weighted by Gasteiger charge is -2.09. The van der Waals surface area contributed by atoms with Gasteiger partial charge in [-0.15, -0.1) is 0 Å². The molecule has 0 spiro atoms. The average Bonchev–Trinajstić information content (AvgIpc) is 2.55. The zero-order valence-corrected chi connectivity index (χ0v) is 12.8. The molecule has 120 valence electrons. The third-order valence-corrected chi connectivity index (χ3v) is 3.40. The van der Waals surface area contributed by atoms with Gasteiger partial charge in [-0.25, -0.2) is 0 Å². The number of nitro groups is 1. The lowest BCUT2D eigenvalue weighted by atomic mass is 10.1. The van der Waals surface area contributed by atoms with Crippen molar-refractivity contribution in [3.63, 3.8) is 0 Å². The molecule has 0 heterocycles. The summed E-state index contributed by atoms with van der Waals surface area (Å²) in [5.74, 6) is -0.219. The Kier molecular flexibility index (Phi) is 5.68. The van der Waals surface area contributed by atoms with Gasteiger partial charge < -0.3 is 10.1 Å². The molecule has 0 saturated carbocycles. The summed E-state index contributed by atoms with van der Waals surface area (Å²) in [4.78, 5) is 22.1. The molecule has 0 unspecified atom stereocenters. The van der Waals surface area contributed by atoms with Crippen molar-refractivity contribution in [1.29, 1.82) is 0 Å². The number of nitrogens with one attached hydrogen (secondary N) is 1. The molecule has 0 saturated heterocycles. The van der Waals surface area contributed by atoms with Crippen LogP contribution in [0.5, 0.6) is 5.75 Å². The molecule has 1 N–H and O–H groups in total. The van der Waals surface area contributed by atoms with Crippen molar-refractivity contribution in [2.75, 3.05) is 13.2 Å². The fraction of sp³-hybridized carbons (Fsp3) is 0.235. The van der Waals surface area contributed by atoms with Gasteiger partial charge in [-0.1, -0.05) is 36.4 Å². The van der Waals surface area contributed by atoms with Crippen LogP contribution in [0.15, 0.2) is 48.5 Å². The van der Waals surface area contributed by atoms with E-state index >= 15 is 0 Å². The number of rotatable bonds is 7. The van der Waals surface area contributed by atoms with E-state index in [4.69, 9.17) is 4.74 Å². The van der Waals surface area contributed by atoms with Gasteiger partial charge in [-0.05, 0) is 30.5 Å². The molecule has 0 aliphatic heterocycles. The second kappa shape index (κ2) is 7.93. The number of amides is 1. The van der Waals surface area contributed by atoms with E-state index in [1.807, 2.05) is 31.2 Å². The van der Waals surface area contributed by atoms with Gasteiger partial charge in [0.1, 0.15) is 0 Å². The third kappa shape index (κ3) is 4.81. The number of aryl methyl sites for hydroxylation is 1. The molecule has 23 heavy (non-hydrogen) atoms. The van der Waals surface area contributed by atoms with Crippen LogP contribution in [0.3, 0.4) is 0 Å². The molecule has 6 heteroatoms. The number of nitro benzene ring substituents is 1. The van der Waals surface area contributed by atoms with Crippen LogP contribution in [0.4, 0.5) is 5.69 Å². The van der Waals surface area contributed by atoms with Gasteiger partial charge in [-0.3, -0.25) is 14.9 Å². The van der Waals surface area contributed by atoms with E-state index in [1.165, 1.54) is 23.3 Å². The zero-order valence-electron chi connectivity index (χ0n) is 12.8. The SMILES string of the molecule is Cc1ccccc1CCNC(=O)COc1ccccc1[N+](=O)[O-]. The van der Waals surface area contributed by atoms with Crippen molar-refractivity contribution >= 4 is 11.6 Å². The molecule has 0 aromatic heterocycles. The molecule has 0 aliphatic rings. The van der Waals surface area contributed by atoms with E-state index in [2.05, 4.69) is 5.32 Å². The summed E-state index contributed by atoms with van der Waals surface area (Å²) in [5, 5.41) is 13.6. The lowest BCUT2D eigenvalue weighted by Crippen LogP contribution is -2.30. The first-order valence-electron chi connectivity index (χ1n) is 7.25. The van der Waals surface area contributed by atoms with Gasteiger partial charge in [0.05, 0.1) is 4.92 Å². The summed E-state index contributed by atoms with van der Waals surface area (Å²) >= 11 is 0. The highest BCUT2D eigenvalue weighted by Gasteiger charge is 2.14. The first-order chi connectivity index (χ1) is 11.1. The van der Waals surface area contributed by atoms with Crippen LogP contribution in [0.1, 0.15) is 11.1 Å². The molecule has 2 aromatic carbocycles. The zero-order chi connectivity index (χ0) is 16.7. The highest BCUT2D eigenvalue weighted by atomic mass is 16.6. The smallest absolute Gasteiger partial charge is 0.310 e. The summed E-state index contributed by atoms with van der Waals surface area (Å²) in [6.45, 7) is 2.26. The van der Waals surface area contributed by atoms with Gasteiger partial charge in [0.2, 0.25) is 0 Å². The maximum absolute atomic E-state index is 11.8. The van der Waals surface area contributed by atoms with E-state index < -0.39 is 4.92 Å². The average molecular weight is 314 g/mol. The van der Waals surface area contributed by atoms with Crippen LogP contribution < -0.4 is 10.1 Å². The van der Waals surface area contributed by atoms with Crippen molar-refractivity contribution in [3.8, 4) is 5.75 Å². The number of hydrogen-bond acceptors (Lipinski definition) is 4. The number of hydrogen-bond donors (Lipinski definition) is 1. The van der Waals surface area contributed by atoms with E-state index in [0.29, 0.717) is 6.54 Å². The summed E-state index contributed by atoms with van der Waals surface area (Å²) < 4.78 is 5.23. The standard InChI is InChI=1S/C17H18N2O4/c1-13-6-2-3-7-14(13)10-11-18-17(20)12-23-16-9-5-4-8-15(16)19(21)22/h2-9H,10-12H2,1H3,(H,18,20). The van der Waals surface area contributed by atoms with E-state index in [1.54, 1.807) is 12.1 Å². The van der Waals surface area contributed by atoms with Crippen LogP contribution in [0, 0.1) is 17.0 Å². The number of nitrogens with zero attached hydrogens (tertiary/aromatic N) is 1. The van der Waals surface area contributed by atoms with Crippen molar-refractivity contribution in [2.45, 2.75) is 13.3 Å². The number of benzene rings is 2. The molecule has 6 nitrogen and oxygen atoms in total. The minimum absolute atomic E-state index is 0.0894. The van der Waals surface area contributed by atoms with Crippen molar-refractivity contribution < 1.29 is 14.5 Å². The highest BCUT2D eigenvalue weighted by molar-refractivity contribution is 5.77. The number of carbonyl (C=O) groups is 1. The lowest BCUT2D eigenvalue weighted by molar-refractivity contribution is -0.385. The molecule has 0 atom stereocenters. The first kappa shape index (κ1) is 16.5. The molecule has 2 aromatic rings. The maximum atomic E-state index is 11.8. The molecule has 2 rings (SSSR count). The van der Waals surface area contributed by atoms with Gasteiger partial charge in [0, 0.05) is 12.6 Å². The van der Waals surface area contributed by atoms with Crippen molar-refractivity contribution in [2.24, 2.45) is 0 Å². The van der Waals surface area contributed by atoms with Crippen LogP contribution in [0.25, 0.3) is 0 Å². The van der Waals surface area contributed by atoms with Crippen molar-refractivity contribution in [3.05, 3.63) is 69.8 Å². The molecule has 0 bridgehead atoms. The van der Waals surface area contributed by atoms with Gasteiger partial charge >= 0.3 is 5.69 Å². The van der Waals surface area contributed by atoms with Crippen LogP contribution >= 0.6 is 0 Å². The Bertz CT molecular complexity index is 700. The second-order valence-electron chi connectivity index (χ2n) is 5.04. The highest BCUT2D eigenvalue weighted by Crippen LogP contribution is 2.25. The molecule has 1 amide bonds. The summed E-state index contributed by atoms with van der Waals surface area (Å²) in [7, 11) is 0. The van der Waals surface area contributed by atoms with Crippen LogP contribution in [-0.2, 0) is 11.2 Å². The summed E-state index contributed by atoms with van der Waals surface area (Å²) in [5.41, 5.74) is 2.20. The fourth-order valence-electron chi connectivity index (χ4n) is 2.15. The minimum atomic E-state index is -0.536. The fourth-order valence-corrected chi connectivity index (χ4v) is 2.15. The monoisotopic (exact) mass is 314 g/mol. The minimum Gasteiger partial charge on any atom is -0.477 e. The molecule has 0 fully saturated rings. The van der Waals surface area contributed by atoms with Gasteiger partial charge in [0.25, 0.3) is 5.91 Å². The number of para-hydroxylation sites is 2. The maximum Gasteiger partial charge on any atom is 0.310 e. The Morgan fingerprint density at radius 1 is 1.17 bits per heavy atom. The quantitative estimate of drug-likeness (QED) is 0.629. The number of ether oxygens (including phenoxy) is 1. The Balaban J connectivity index is 1.80. The Labute approximate surface area is 134 Å². The van der Waals surface area contributed by atoms with Gasteiger partial charge in [0.15, 0.2) is 12.4 Å². The van der Waals surface area contributed by atoms with E-state index in [0.717, 1.165) is 6.42 Å². The molecule has 0 radical (unpaired) electrons. The predicted molar refractivity (Wildman–Crippen MR) is 86.5 cm³/mol. The molecular formula is C17H18N2O4. The Hall–Kier alpha value is -2.89. The largest absolute Gasteiger partial charge is 0.477 e. The summed E-state index contributed by atoms with van der Waals surface area (Å²) in [6.07, 6.45) is 0.726. The molecular weight excluding hydrogens is 296 g/mol. The second-order valence-corrected chi connectivity index (χ2v) is 5.04. The summed E-state index contributed by atoms with van der Waals surface area (Å²) in [6, 6.07) is 14.0. The van der Waals surface area contributed by atoms with E-state index in [9.17, 15) is 14.9 Å². The van der Waals surface area contributed by atoms with Crippen LogP contribution in [-0.4, -0.2) is 24.0 Å². The normalized spacial score (nSPS) is 10.1. The Morgan fingerprint density at radius 2 is 1.87 bits per heavy atom. The Morgan fingerprint density at radius 3 is 2.61 bits per heavy atom.